The molecule has 7 atom stereocenters. The van der Waals surface area contributed by atoms with Crippen LogP contribution in [0.3, 0.4) is 0 Å². The quantitative estimate of drug-likeness (QED) is 0.188. The summed E-state index contributed by atoms with van der Waals surface area (Å²) >= 11 is 0. The van der Waals surface area contributed by atoms with Gasteiger partial charge in [0.15, 0.2) is 0 Å². The summed E-state index contributed by atoms with van der Waals surface area (Å²) in [6, 6.07) is 8.23. The molecular weight excluding hydrogens is 663 g/mol. The Morgan fingerprint density at radius 3 is 2.31 bits per heavy atom. The van der Waals surface area contributed by atoms with Crippen LogP contribution in [-0.4, -0.2) is 36.1 Å². The first-order chi connectivity index (χ1) is 25.2. The Bertz CT molecular complexity index is 1550. The minimum atomic E-state index is -4.78. The van der Waals surface area contributed by atoms with Gasteiger partial charge in [-0.2, -0.15) is 10.2 Å². The third-order valence-electron chi connectivity index (χ3n) is 14.4. The summed E-state index contributed by atoms with van der Waals surface area (Å²) in [4.78, 5) is 8.86. The fourth-order valence-corrected chi connectivity index (χ4v) is 12.2. The normalized spacial score (nSPS) is 34.1. The Labute approximate surface area is 307 Å². The minimum absolute atomic E-state index is 0.0486. The minimum Gasteiger partial charge on any atom is -0.405 e. The number of aromatic nitrogens is 2. The van der Waals surface area contributed by atoms with Crippen LogP contribution in [0, 0.1) is 70.0 Å². The fraction of sp³-hybridized carbons (Fsp3) is 0.738. The second kappa shape index (κ2) is 15.4. The van der Waals surface area contributed by atoms with Crippen molar-refractivity contribution < 1.29 is 22.6 Å². The maximum atomic E-state index is 12.9. The molecule has 2 aromatic rings. The summed E-state index contributed by atoms with van der Waals surface area (Å²) in [6.45, 7) is 2.82. The number of halogens is 3. The molecule has 2 heterocycles. The Hall–Kier alpha value is -3.06. The number of anilines is 2. The lowest BCUT2D eigenvalue weighted by atomic mass is 9.45. The van der Waals surface area contributed by atoms with Crippen LogP contribution in [0.15, 0.2) is 30.5 Å². The molecule has 1 saturated heterocycles. The second-order valence-corrected chi connectivity index (χ2v) is 17.6. The van der Waals surface area contributed by atoms with Crippen molar-refractivity contribution in [1.29, 1.82) is 5.26 Å². The molecule has 9 rings (SSSR count). The molecule has 2 N–H and O–H groups in total. The van der Waals surface area contributed by atoms with Crippen molar-refractivity contribution >= 4 is 11.8 Å². The lowest BCUT2D eigenvalue weighted by Gasteiger charge is -2.60. The molecule has 0 spiro atoms. The molecular formula is C42H56F3N5O2. The van der Waals surface area contributed by atoms with Crippen LogP contribution in [0.25, 0.3) is 0 Å². The summed E-state index contributed by atoms with van der Waals surface area (Å²) in [5, 5.41) is 16.4. The second-order valence-electron chi connectivity index (χ2n) is 17.6. The van der Waals surface area contributed by atoms with Gasteiger partial charge in [0, 0.05) is 31.9 Å². The van der Waals surface area contributed by atoms with Crippen LogP contribution >= 0.6 is 0 Å². The first-order valence-corrected chi connectivity index (χ1v) is 20.4. The summed E-state index contributed by atoms with van der Waals surface area (Å²) in [6.07, 6.45) is 18.9. The average molecular weight is 720 g/mol. The van der Waals surface area contributed by atoms with Crippen LogP contribution in [-0.2, 0) is 11.3 Å². The van der Waals surface area contributed by atoms with Crippen molar-refractivity contribution in [2.45, 2.75) is 116 Å². The van der Waals surface area contributed by atoms with Crippen molar-refractivity contribution in [3.05, 3.63) is 41.6 Å². The molecule has 1 aromatic carbocycles. The van der Waals surface area contributed by atoms with E-state index in [9.17, 15) is 18.4 Å². The predicted octanol–water partition coefficient (Wildman–Crippen LogP) is 10.1. The van der Waals surface area contributed by atoms with E-state index in [-0.39, 0.29) is 23.7 Å². The van der Waals surface area contributed by atoms with E-state index in [0.29, 0.717) is 16.9 Å². The third kappa shape index (κ3) is 8.35. The van der Waals surface area contributed by atoms with E-state index < -0.39 is 6.36 Å². The molecule has 10 heteroatoms. The van der Waals surface area contributed by atoms with Gasteiger partial charge in [0.1, 0.15) is 23.2 Å². The van der Waals surface area contributed by atoms with E-state index in [1.807, 2.05) is 0 Å². The van der Waals surface area contributed by atoms with Crippen LogP contribution in [0.5, 0.6) is 5.75 Å². The first-order valence-electron chi connectivity index (χ1n) is 20.4. The maximum absolute atomic E-state index is 12.9. The number of para-hydroxylation sites is 1. The SMILES string of the molecule is N#Cc1cnc(NCc2ccccc2OC(F)(F)F)nc1NCC12CC3C[C@H](C1)C(CCCCC1CCC(C4CC4C4CCOCC4)CC1)[C@@H](C3)C2. The zero-order valence-corrected chi connectivity index (χ0v) is 30.5. The van der Waals surface area contributed by atoms with E-state index in [1.54, 1.807) is 12.1 Å². The predicted molar refractivity (Wildman–Crippen MR) is 194 cm³/mol. The highest BCUT2D eigenvalue weighted by molar-refractivity contribution is 5.53. The Kier molecular flexibility index (Phi) is 10.6. The van der Waals surface area contributed by atoms with E-state index >= 15 is 0 Å². The molecule has 4 bridgehead atoms. The zero-order valence-electron chi connectivity index (χ0n) is 30.5. The molecule has 6 saturated carbocycles. The van der Waals surface area contributed by atoms with Crippen LogP contribution in [0.1, 0.15) is 114 Å². The number of ether oxygens (including phenoxy) is 2. The van der Waals surface area contributed by atoms with E-state index in [1.165, 1.54) is 121 Å². The number of rotatable bonds is 14. The zero-order chi connectivity index (χ0) is 35.7. The van der Waals surface area contributed by atoms with E-state index in [4.69, 9.17) is 4.74 Å². The molecule has 0 radical (unpaired) electrons. The summed E-state index contributed by atoms with van der Waals surface area (Å²) in [5.74, 6) is 8.75. The number of unbranched alkanes of at least 4 members (excludes halogenated alkanes) is 1. The molecule has 7 fully saturated rings. The number of nitriles is 1. The largest absolute Gasteiger partial charge is 0.573 e. The van der Waals surface area contributed by atoms with Crippen molar-refractivity contribution in [3.63, 3.8) is 0 Å². The molecule has 7 aliphatic rings. The fourth-order valence-electron chi connectivity index (χ4n) is 12.2. The first kappa shape index (κ1) is 35.9. The van der Waals surface area contributed by atoms with Crippen molar-refractivity contribution in [2.24, 2.45) is 58.7 Å². The smallest absolute Gasteiger partial charge is 0.405 e. The third-order valence-corrected chi connectivity index (χ3v) is 14.4. The standard InChI is InChI=1S/C42H56F3N5O2/c43-42(44,45)52-38-8-4-2-6-31(38)24-47-40-48-25-34(23-46)39(50-40)49-26-41-20-28-17-32(21-41)35(33(18-28)22-41)7-3-1-5-27-9-11-29(12-10-27)36-19-37(36)30-13-15-51-16-14-30/h2,4,6,8,25,27-30,32-33,35-37H,1,3,5,7,9-22,24,26H2,(H2,47,48,49,50)/t27?,28?,29?,32-,33+,35?,36?,37?,41?. The van der Waals surface area contributed by atoms with Gasteiger partial charge in [0.25, 0.3) is 0 Å². The van der Waals surface area contributed by atoms with Crippen LogP contribution < -0.4 is 15.4 Å². The monoisotopic (exact) mass is 719 g/mol. The lowest BCUT2D eigenvalue weighted by Crippen LogP contribution is -2.53. The summed E-state index contributed by atoms with van der Waals surface area (Å²) in [7, 11) is 0. The number of hydrogen-bond acceptors (Lipinski definition) is 7. The number of benzene rings is 1. The lowest BCUT2D eigenvalue weighted by molar-refractivity contribution is -0.274. The van der Waals surface area contributed by atoms with Crippen molar-refractivity contribution in [2.75, 3.05) is 30.4 Å². The van der Waals surface area contributed by atoms with Crippen molar-refractivity contribution in [3.8, 4) is 11.8 Å². The molecule has 7 nitrogen and oxygen atoms in total. The average Bonchev–Trinajstić information content (AvgIpc) is 3.94. The van der Waals surface area contributed by atoms with E-state index in [2.05, 4.69) is 31.4 Å². The number of nitrogens with zero attached hydrogens (tertiary/aromatic N) is 3. The highest BCUT2D eigenvalue weighted by Crippen LogP contribution is 2.63. The maximum Gasteiger partial charge on any atom is 0.573 e. The van der Waals surface area contributed by atoms with Gasteiger partial charge >= 0.3 is 6.36 Å². The molecule has 1 aliphatic heterocycles. The summed E-state index contributed by atoms with van der Waals surface area (Å²) < 4.78 is 48.5. The van der Waals surface area contributed by atoms with Gasteiger partial charge in [-0.25, -0.2) is 4.98 Å². The van der Waals surface area contributed by atoms with E-state index in [0.717, 1.165) is 73.0 Å². The van der Waals surface area contributed by atoms with Gasteiger partial charge in [0.2, 0.25) is 5.95 Å². The van der Waals surface area contributed by atoms with Gasteiger partial charge in [-0.1, -0.05) is 50.3 Å². The highest BCUT2D eigenvalue weighted by Gasteiger charge is 2.55. The number of nitrogens with one attached hydrogen (secondary N) is 2. The Morgan fingerprint density at radius 2 is 1.58 bits per heavy atom. The molecule has 1 aromatic heterocycles. The van der Waals surface area contributed by atoms with Crippen LogP contribution in [0.4, 0.5) is 24.9 Å². The number of hydrogen-bond donors (Lipinski definition) is 2. The Morgan fingerprint density at radius 1 is 0.865 bits per heavy atom. The molecule has 5 unspecified atom stereocenters. The topological polar surface area (TPSA) is 92.1 Å². The highest BCUT2D eigenvalue weighted by atomic mass is 19.4. The van der Waals surface area contributed by atoms with Gasteiger partial charge in [-0.05, 0) is 135 Å². The van der Waals surface area contributed by atoms with Gasteiger partial charge in [-0.3, -0.25) is 0 Å². The van der Waals surface area contributed by atoms with Gasteiger partial charge in [-0.15, -0.1) is 13.2 Å². The molecule has 0 amide bonds. The van der Waals surface area contributed by atoms with Gasteiger partial charge in [0.05, 0.1) is 6.20 Å². The van der Waals surface area contributed by atoms with Crippen LogP contribution in [0.2, 0.25) is 0 Å². The molecule has 52 heavy (non-hydrogen) atoms. The Balaban J connectivity index is 0.790. The molecule has 6 aliphatic carbocycles. The molecule has 282 valence electrons. The van der Waals surface area contributed by atoms with Crippen molar-refractivity contribution in [1.82, 2.24) is 9.97 Å². The summed E-state index contributed by atoms with van der Waals surface area (Å²) in [5.41, 5.74) is 0.936. The van der Waals surface area contributed by atoms with Gasteiger partial charge < -0.3 is 20.1 Å². The number of alkyl halides is 3.